The highest BCUT2D eigenvalue weighted by Gasteiger charge is 2.04. The molecule has 0 saturated heterocycles. The van der Waals surface area contributed by atoms with Gasteiger partial charge in [-0.05, 0) is 28.1 Å². The molecule has 0 bridgehead atoms. The van der Waals surface area contributed by atoms with Crippen molar-refractivity contribution in [1.82, 2.24) is 5.32 Å². The summed E-state index contributed by atoms with van der Waals surface area (Å²) in [5, 5.41) is 4.81. The van der Waals surface area contributed by atoms with Gasteiger partial charge in [-0.1, -0.05) is 12.1 Å². The van der Waals surface area contributed by atoms with Gasteiger partial charge in [-0.15, -0.1) is 0 Å². The largest absolute Gasteiger partial charge is 0.375 e. The van der Waals surface area contributed by atoms with Crippen LogP contribution in [0.5, 0.6) is 0 Å². The summed E-state index contributed by atoms with van der Waals surface area (Å²) in [6.07, 6.45) is 0. The molecule has 0 heterocycles. The van der Waals surface area contributed by atoms with Gasteiger partial charge in [-0.25, -0.2) is 4.79 Å². The van der Waals surface area contributed by atoms with E-state index in [-0.39, 0.29) is 6.54 Å². The number of para-hydroxylation sites is 1. The second kappa shape index (κ2) is 5.35. The van der Waals surface area contributed by atoms with Crippen LogP contribution < -0.4 is 16.4 Å². The maximum Gasteiger partial charge on any atom is 0.318 e. The van der Waals surface area contributed by atoms with E-state index in [1.165, 1.54) is 0 Å². The molecule has 0 unspecified atom stereocenters. The van der Waals surface area contributed by atoms with E-state index in [1.807, 2.05) is 29.6 Å². The number of amides is 3. The minimum atomic E-state index is -0.853. The summed E-state index contributed by atoms with van der Waals surface area (Å²) in [6, 6.07) is 6.49. The Morgan fingerprint density at radius 2 is 2.00 bits per heavy atom. The third kappa shape index (κ3) is 3.99. The molecule has 6 heteroatoms. The van der Waals surface area contributed by atoms with Gasteiger partial charge in [0.05, 0.1) is 6.54 Å². The lowest BCUT2D eigenvalue weighted by molar-refractivity contribution is -0.118. The number of anilines is 1. The number of nitrogens with two attached hydrogens (primary N) is 1. The fourth-order valence-corrected chi connectivity index (χ4v) is 1.39. The van der Waals surface area contributed by atoms with E-state index in [9.17, 15) is 9.59 Å². The van der Waals surface area contributed by atoms with Gasteiger partial charge in [0.15, 0.2) is 0 Å². The number of carbonyl (C=O) groups excluding carboxylic acids is 2. The smallest absolute Gasteiger partial charge is 0.318 e. The van der Waals surface area contributed by atoms with E-state index in [0.717, 1.165) is 10.2 Å². The van der Waals surface area contributed by atoms with Crippen LogP contribution in [0, 0.1) is 0 Å². The number of hydrogen-bond acceptors (Lipinski definition) is 3. The van der Waals surface area contributed by atoms with Crippen LogP contribution in [0.2, 0.25) is 0 Å². The molecule has 1 aromatic carbocycles. The Labute approximate surface area is 95.2 Å². The lowest BCUT2D eigenvalue weighted by Crippen LogP contribution is -2.38. The molecular weight excluding hydrogens is 262 g/mol. The zero-order chi connectivity index (χ0) is 11.3. The third-order valence-corrected chi connectivity index (χ3v) is 2.27. The van der Waals surface area contributed by atoms with Crippen molar-refractivity contribution in [2.75, 3.05) is 11.9 Å². The molecule has 4 N–H and O–H groups in total. The number of carbonyl (C=O) groups is 2. The molecular formula is C9H10BrN3O2. The van der Waals surface area contributed by atoms with Gasteiger partial charge in [-0.3, -0.25) is 10.1 Å². The molecule has 0 radical (unpaired) electrons. The minimum absolute atomic E-state index is 0.00838. The first kappa shape index (κ1) is 11.5. The maximum absolute atomic E-state index is 11.0. The average Bonchev–Trinajstić information content (AvgIpc) is 2.15. The summed E-state index contributed by atoms with van der Waals surface area (Å²) in [5.41, 5.74) is 5.56. The Kier molecular flexibility index (Phi) is 4.11. The molecule has 0 fully saturated rings. The average molecular weight is 272 g/mol. The van der Waals surface area contributed by atoms with Gasteiger partial charge in [0, 0.05) is 10.2 Å². The van der Waals surface area contributed by atoms with Gasteiger partial charge in [0.1, 0.15) is 0 Å². The number of primary amides is 1. The number of nitrogens with one attached hydrogen (secondary N) is 2. The monoisotopic (exact) mass is 271 g/mol. The van der Waals surface area contributed by atoms with Crippen molar-refractivity contribution in [3.05, 3.63) is 28.7 Å². The second-order valence-electron chi connectivity index (χ2n) is 2.75. The zero-order valence-electron chi connectivity index (χ0n) is 7.79. The van der Waals surface area contributed by atoms with Gasteiger partial charge in [0.2, 0.25) is 5.91 Å². The standard InChI is InChI=1S/C9H10BrN3O2/c10-6-3-1-2-4-7(6)12-5-8(14)13-9(11)15/h1-4,12H,5H2,(H3,11,13,14,15). The van der Waals surface area contributed by atoms with Crippen LogP contribution in [0.4, 0.5) is 10.5 Å². The first-order valence-electron chi connectivity index (χ1n) is 4.17. The minimum Gasteiger partial charge on any atom is -0.375 e. The predicted molar refractivity (Wildman–Crippen MR) is 60.4 cm³/mol. The van der Waals surface area contributed by atoms with Crippen LogP contribution in [0.25, 0.3) is 0 Å². The zero-order valence-corrected chi connectivity index (χ0v) is 9.37. The number of hydrogen-bond donors (Lipinski definition) is 3. The number of urea groups is 1. The molecule has 0 saturated carbocycles. The molecule has 5 nitrogen and oxygen atoms in total. The SMILES string of the molecule is NC(=O)NC(=O)CNc1ccccc1Br. The van der Waals surface area contributed by atoms with Gasteiger partial charge in [0.25, 0.3) is 0 Å². The second-order valence-corrected chi connectivity index (χ2v) is 3.60. The molecule has 0 spiro atoms. The van der Waals surface area contributed by atoms with Crippen molar-refractivity contribution in [3.63, 3.8) is 0 Å². The molecule has 80 valence electrons. The molecule has 3 amide bonds. The van der Waals surface area contributed by atoms with Crippen LogP contribution in [0.15, 0.2) is 28.7 Å². The van der Waals surface area contributed by atoms with Crippen molar-refractivity contribution >= 4 is 33.6 Å². The normalized spacial score (nSPS) is 9.40. The highest BCUT2D eigenvalue weighted by Crippen LogP contribution is 2.20. The topological polar surface area (TPSA) is 84.2 Å². The van der Waals surface area contributed by atoms with Crippen LogP contribution >= 0.6 is 15.9 Å². The highest BCUT2D eigenvalue weighted by atomic mass is 79.9. The Balaban J connectivity index is 2.47. The molecule has 0 aromatic heterocycles. The van der Waals surface area contributed by atoms with E-state index < -0.39 is 11.9 Å². The van der Waals surface area contributed by atoms with E-state index in [0.29, 0.717) is 0 Å². The molecule has 1 rings (SSSR count). The van der Waals surface area contributed by atoms with E-state index in [4.69, 9.17) is 5.73 Å². The maximum atomic E-state index is 11.0. The summed E-state index contributed by atoms with van der Waals surface area (Å²) in [7, 11) is 0. The van der Waals surface area contributed by atoms with E-state index in [1.54, 1.807) is 0 Å². The molecule has 0 aliphatic heterocycles. The van der Waals surface area contributed by atoms with Crippen molar-refractivity contribution in [3.8, 4) is 0 Å². The third-order valence-electron chi connectivity index (χ3n) is 1.58. The summed E-state index contributed by atoms with van der Waals surface area (Å²) in [5.74, 6) is -0.474. The lowest BCUT2D eigenvalue weighted by Gasteiger charge is -2.07. The van der Waals surface area contributed by atoms with Crippen LogP contribution in [-0.4, -0.2) is 18.5 Å². The van der Waals surface area contributed by atoms with Crippen LogP contribution in [0.1, 0.15) is 0 Å². The first-order chi connectivity index (χ1) is 7.09. The van der Waals surface area contributed by atoms with Gasteiger partial charge in [-0.2, -0.15) is 0 Å². The number of benzene rings is 1. The Hall–Kier alpha value is -1.56. The first-order valence-corrected chi connectivity index (χ1v) is 4.96. The van der Waals surface area contributed by atoms with E-state index in [2.05, 4.69) is 21.2 Å². The molecule has 15 heavy (non-hydrogen) atoms. The Morgan fingerprint density at radius 1 is 1.33 bits per heavy atom. The Morgan fingerprint density at radius 3 is 2.60 bits per heavy atom. The van der Waals surface area contributed by atoms with Crippen molar-refractivity contribution in [2.24, 2.45) is 5.73 Å². The lowest BCUT2D eigenvalue weighted by atomic mass is 10.3. The molecule has 0 aliphatic carbocycles. The van der Waals surface area contributed by atoms with Crippen molar-refractivity contribution in [2.45, 2.75) is 0 Å². The quantitative estimate of drug-likeness (QED) is 0.769. The summed E-state index contributed by atoms with van der Waals surface area (Å²) in [6.45, 7) is -0.00838. The van der Waals surface area contributed by atoms with Crippen molar-refractivity contribution in [1.29, 1.82) is 0 Å². The number of halogens is 1. The summed E-state index contributed by atoms with van der Waals surface area (Å²) >= 11 is 3.31. The van der Waals surface area contributed by atoms with Crippen molar-refractivity contribution < 1.29 is 9.59 Å². The summed E-state index contributed by atoms with van der Waals surface area (Å²) in [4.78, 5) is 21.4. The van der Waals surface area contributed by atoms with Crippen LogP contribution in [0.3, 0.4) is 0 Å². The number of imide groups is 1. The molecule has 0 atom stereocenters. The Bertz CT molecular complexity index is 381. The fraction of sp³-hybridized carbons (Fsp3) is 0.111. The molecule has 0 aliphatic rings. The van der Waals surface area contributed by atoms with E-state index >= 15 is 0 Å². The molecule has 1 aromatic rings. The predicted octanol–water partition coefficient (Wildman–Crippen LogP) is 1.06. The summed E-state index contributed by atoms with van der Waals surface area (Å²) < 4.78 is 0.844. The van der Waals surface area contributed by atoms with Gasteiger partial charge < -0.3 is 11.1 Å². The fourth-order valence-electron chi connectivity index (χ4n) is 0.962. The van der Waals surface area contributed by atoms with Gasteiger partial charge >= 0.3 is 6.03 Å². The number of rotatable bonds is 3. The highest BCUT2D eigenvalue weighted by molar-refractivity contribution is 9.10. The van der Waals surface area contributed by atoms with Crippen LogP contribution in [-0.2, 0) is 4.79 Å².